The number of amides is 9. The van der Waals surface area contributed by atoms with Gasteiger partial charge in [-0.15, -0.1) is 25.7 Å². The normalized spacial score (nSPS) is 11.2. The van der Waals surface area contributed by atoms with Gasteiger partial charge in [0.25, 0.3) is 11.8 Å². The van der Waals surface area contributed by atoms with Gasteiger partial charge in [-0.3, -0.25) is 43.3 Å². The predicted octanol–water partition coefficient (Wildman–Crippen LogP) is -0.0953. The zero-order chi connectivity index (χ0) is 45.9. The van der Waals surface area contributed by atoms with Crippen LogP contribution >= 0.6 is 0 Å². The number of hydrogen-bond donors (Lipinski definition) is 7. The second kappa shape index (κ2) is 34.6. The van der Waals surface area contributed by atoms with Gasteiger partial charge < -0.3 is 47.5 Å². The maximum absolute atomic E-state index is 13.3. The van der Waals surface area contributed by atoms with Crippen molar-refractivity contribution >= 4 is 66.9 Å². The number of carboxylic acid groups (broad SMARTS) is 1. The number of anilines is 1. The number of hydrogen-bond acceptors (Lipinski definition) is 10. The molecule has 0 spiro atoms. The molecule has 1 aromatic rings. The highest BCUT2D eigenvalue weighted by Crippen LogP contribution is 2.19. The van der Waals surface area contributed by atoms with Gasteiger partial charge in [-0.2, -0.15) is 0 Å². The molecule has 2 rings (SSSR count). The molecule has 1 aliphatic rings. The number of primary amides is 2. The van der Waals surface area contributed by atoms with Crippen molar-refractivity contribution in [1.29, 1.82) is 0 Å². The zero-order valence-electron chi connectivity index (χ0n) is 34.1. The Morgan fingerprint density at radius 1 is 0.898 bits per heavy atom. The Bertz CT molecular complexity index is 1590. The van der Waals surface area contributed by atoms with Gasteiger partial charge in [-0.1, -0.05) is 38.2 Å². The highest BCUT2D eigenvalue weighted by molar-refractivity contribution is 6.12. The van der Waals surface area contributed by atoms with E-state index in [2.05, 4.69) is 66.5 Å². The Hall–Kier alpha value is -6.67. The summed E-state index contributed by atoms with van der Waals surface area (Å²) in [6, 6.07) is 3.07. The van der Waals surface area contributed by atoms with E-state index in [1.54, 1.807) is 18.2 Å². The Morgan fingerprint density at radius 2 is 1.47 bits per heavy atom. The molecule has 322 valence electrons. The minimum absolute atomic E-state index is 0.0216. The molecule has 0 aliphatic carbocycles. The lowest BCUT2D eigenvalue weighted by atomic mass is 9.92. The van der Waals surface area contributed by atoms with Crippen molar-refractivity contribution in [1.82, 2.24) is 25.8 Å². The first kappa shape index (κ1) is 56.7. The van der Waals surface area contributed by atoms with Crippen molar-refractivity contribution in [3.63, 3.8) is 0 Å². The van der Waals surface area contributed by atoms with Crippen LogP contribution in [0.1, 0.15) is 70.4 Å². The van der Waals surface area contributed by atoms with Crippen LogP contribution in [0.4, 0.5) is 10.5 Å². The summed E-state index contributed by atoms with van der Waals surface area (Å²) in [7, 11) is 7.37. The van der Waals surface area contributed by atoms with E-state index >= 15 is 0 Å². The number of nitrogens with one attached hydrogen (secondary N) is 4. The quantitative estimate of drug-likeness (QED) is 0.0372. The molecular formula is C39H57BN8O11. The minimum Gasteiger partial charge on any atom is -0.481 e. The maximum Gasteiger partial charge on any atom is 0.312 e. The minimum atomic E-state index is -1.09. The molecule has 19 nitrogen and oxygen atoms in total. The number of nitrogens with two attached hydrogens (primary N) is 2. The first-order chi connectivity index (χ1) is 27.9. The fraction of sp³-hybridized carbons (Fsp3) is 0.462. The Morgan fingerprint density at radius 3 is 2.00 bits per heavy atom. The van der Waals surface area contributed by atoms with Crippen LogP contribution in [0.2, 0.25) is 0 Å². The summed E-state index contributed by atoms with van der Waals surface area (Å²) in [5.74, 6) is -4.45. The molecule has 0 saturated carbocycles. The van der Waals surface area contributed by atoms with Gasteiger partial charge in [-0.25, -0.2) is 4.79 Å². The molecule has 1 aliphatic heterocycles. The molecule has 20 heteroatoms. The predicted molar refractivity (Wildman–Crippen MR) is 222 cm³/mol. The molecule has 0 saturated heterocycles. The summed E-state index contributed by atoms with van der Waals surface area (Å²) in [5.41, 5.74) is 11.2. The first-order valence-electron chi connectivity index (χ1n) is 18.2. The van der Waals surface area contributed by atoms with Gasteiger partial charge >= 0.3 is 12.0 Å². The third-order valence-corrected chi connectivity index (χ3v) is 6.98. The van der Waals surface area contributed by atoms with Crippen LogP contribution in [0.3, 0.4) is 0 Å². The summed E-state index contributed by atoms with van der Waals surface area (Å²) >= 11 is 0. The molecule has 1 aromatic carbocycles. The molecular weight excluding hydrogens is 767 g/mol. The standard InChI is InChI=1S/C30H40BN7O10.C3H8.C2H5NO.2C2H2/c1-37(25(41)8-9-28(44)45)18-20-15-21(5-4-19(20)16-31)35-29(46)22(3-2-11-33-30(32)47)36-24(40)17-34-23(39)10-13-48-14-12-38-26(42)6-7-27(38)43;1-3-2;1-2(3)4;2*1-2/h4-7,15,22H,2-3,8-14,16-18H2,1H3,(H,34,39)(H,35,46)(H,36,40)(H,44,45)(H3,32,33,47);3H2,1-2H3;1H3,(H2,3,4);2*1-2H/t22-;;;;/m0..../s1. The van der Waals surface area contributed by atoms with E-state index in [9.17, 15) is 43.2 Å². The first-order valence-corrected chi connectivity index (χ1v) is 18.2. The monoisotopic (exact) mass is 824 g/mol. The van der Waals surface area contributed by atoms with E-state index in [0.29, 0.717) is 16.8 Å². The SMILES string of the molecule is C#C.C#C.CC(N)=O.CCC.[B]Cc1ccc(NC(=O)[C@H](CCCNC(N)=O)NC(=O)CNC(=O)CCOCCN2C(=O)C=CC2=O)cc1CN(C)C(=O)CCC(=O)O. The molecule has 0 unspecified atom stereocenters. The van der Waals surface area contributed by atoms with Crippen molar-refractivity contribution in [2.45, 2.75) is 78.2 Å². The van der Waals surface area contributed by atoms with Gasteiger partial charge in [0, 0.05) is 57.7 Å². The van der Waals surface area contributed by atoms with Gasteiger partial charge in [0.05, 0.1) is 40.6 Å². The number of carboxylic acids is 1. The maximum atomic E-state index is 13.3. The zero-order valence-corrected chi connectivity index (χ0v) is 34.1. The summed E-state index contributed by atoms with van der Waals surface area (Å²) < 4.78 is 5.29. The lowest BCUT2D eigenvalue weighted by Gasteiger charge is -2.21. The van der Waals surface area contributed by atoms with Crippen molar-refractivity contribution in [2.75, 3.05) is 45.2 Å². The third kappa shape index (κ3) is 28.4. The van der Waals surface area contributed by atoms with Gasteiger partial charge in [0.2, 0.25) is 29.5 Å². The van der Waals surface area contributed by atoms with Crippen LogP contribution in [0.5, 0.6) is 0 Å². The largest absolute Gasteiger partial charge is 0.481 e. The molecule has 0 fully saturated rings. The van der Waals surface area contributed by atoms with Gasteiger partial charge in [0.15, 0.2) is 0 Å². The average Bonchev–Trinajstić information content (AvgIpc) is 3.51. The molecule has 1 atom stereocenters. The molecule has 9 N–H and O–H groups in total. The molecule has 0 bridgehead atoms. The van der Waals surface area contributed by atoms with E-state index in [1.165, 1.54) is 25.3 Å². The van der Waals surface area contributed by atoms with Gasteiger partial charge in [0.1, 0.15) is 6.04 Å². The van der Waals surface area contributed by atoms with Crippen molar-refractivity contribution in [3.05, 3.63) is 41.5 Å². The summed E-state index contributed by atoms with van der Waals surface area (Å²) in [5, 5.41) is 19.0. The van der Waals surface area contributed by atoms with Crippen LogP contribution < -0.4 is 32.7 Å². The number of urea groups is 1. The van der Waals surface area contributed by atoms with Crippen molar-refractivity contribution < 1.29 is 53.0 Å². The Balaban J connectivity index is -0.00000256. The van der Waals surface area contributed by atoms with E-state index in [0.717, 1.165) is 17.1 Å². The number of rotatable bonds is 21. The van der Waals surface area contributed by atoms with Crippen molar-refractivity contribution in [3.8, 4) is 25.7 Å². The summed E-state index contributed by atoms with van der Waals surface area (Å²) in [6.45, 7) is 5.41. The van der Waals surface area contributed by atoms with E-state index in [4.69, 9.17) is 23.4 Å². The number of carbonyl (C=O) groups is 9. The number of ether oxygens (including phenoxy) is 1. The lowest BCUT2D eigenvalue weighted by Crippen LogP contribution is -2.47. The topological polar surface area (TPSA) is 290 Å². The van der Waals surface area contributed by atoms with Crippen LogP contribution in [0, 0.1) is 25.7 Å². The molecule has 1 heterocycles. The molecule has 0 aromatic heterocycles. The Labute approximate surface area is 347 Å². The fourth-order valence-electron chi connectivity index (χ4n) is 4.40. The average molecular weight is 825 g/mol. The van der Waals surface area contributed by atoms with Crippen LogP contribution in [-0.4, -0.2) is 122 Å². The van der Waals surface area contributed by atoms with Crippen LogP contribution in [0.15, 0.2) is 30.4 Å². The number of nitrogens with zero attached hydrogens (tertiary/aromatic N) is 2. The second-order valence-electron chi connectivity index (χ2n) is 12.0. The second-order valence-corrected chi connectivity index (χ2v) is 12.0. The number of benzene rings is 1. The molecule has 59 heavy (non-hydrogen) atoms. The third-order valence-electron chi connectivity index (χ3n) is 6.98. The summed E-state index contributed by atoms with van der Waals surface area (Å²) in [6.07, 6.45) is 19.5. The van der Waals surface area contributed by atoms with E-state index < -0.39 is 54.1 Å². The lowest BCUT2D eigenvalue weighted by molar-refractivity contribution is -0.140. The van der Waals surface area contributed by atoms with E-state index in [-0.39, 0.29) is 83.1 Å². The van der Waals surface area contributed by atoms with Gasteiger partial charge in [-0.05, 0) is 30.5 Å². The van der Waals surface area contributed by atoms with Crippen LogP contribution in [-0.2, 0) is 56.0 Å². The highest BCUT2D eigenvalue weighted by Gasteiger charge is 2.23. The smallest absolute Gasteiger partial charge is 0.312 e. The number of carbonyl (C=O) groups excluding carboxylic acids is 8. The number of aliphatic carboxylic acids is 1. The summed E-state index contributed by atoms with van der Waals surface area (Å²) in [4.78, 5) is 107. The number of terminal acetylenes is 2. The fourth-order valence-corrected chi connectivity index (χ4v) is 4.40. The molecule has 2 radical (unpaired) electrons. The molecule has 9 amide bonds. The number of imide groups is 1. The van der Waals surface area contributed by atoms with Crippen LogP contribution in [0.25, 0.3) is 0 Å². The Kier molecular flexibility index (Phi) is 33.2. The van der Waals surface area contributed by atoms with Crippen molar-refractivity contribution in [2.24, 2.45) is 11.5 Å². The highest BCUT2D eigenvalue weighted by atomic mass is 16.5. The van der Waals surface area contributed by atoms with E-state index in [1.807, 2.05) is 0 Å².